The van der Waals surface area contributed by atoms with Crippen LogP contribution in [0.4, 0.5) is 5.69 Å². The molecule has 168 valence electrons. The largest absolute Gasteiger partial charge is 0.493 e. The van der Waals surface area contributed by atoms with Crippen molar-refractivity contribution in [1.29, 1.82) is 5.26 Å². The summed E-state index contributed by atoms with van der Waals surface area (Å²) in [7, 11) is 1.56. The lowest BCUT2D eigenvalue weighted by Crippen LogP contribution is -2.15. The van der Waals surface area contributed by atoms with Crippen molar-refractivity contribution in [2.75, 3.05) is 12.4 Å². The van der Waals surface area contributed by atoms with Crippen molar-refractivity contribution in [3.8, 4) is 17.6 Å². The van der Waals surface area contributed by atoms with Gasteiger partial charge in [-0.1, -0.05) is 53.6 Å². The van der Waals surface area contributed by atoms with Crippen LogP contribution in [0, 0.1) is 39.0 Å². The van der Waals surface area contributed by atoms with E-state index in [0.29, 0.717) is 23.7 Å². The zero-order valence-electron chi connectivity index (χ0n) is 19.7. The van der Waals surface area contributed by atoms with Crippen LogP contribution in [-0.2, 0) is 11.4 Å². The normalized spacial score (nSPS) is 11.0. The van der Waals surface area contributed by atoms with E-state index in [1.165, 1.54) is 5.56 Å². The van der Waals surface area contributed by atoms with Gasteiger partial charge < -0.3 is 14.8 Å². The van der Waals surface area contributed by atoms with Crippen molar-refractivity contribution in [3.05, 3.63) is 93.6 Å². The summed E-state index contributed by atoms with van der Waals surface area (Å²) in [6, 6.07) is 19.4. The van der Waals surface area contributed by atoms with Crippen LogP contribution in [0.25, 0.3) is 6.08 Å². The fraction of sp³-hybridized carbons (Fsp3) is 0.214. The Labute approximate surface area is 195 Å². The number of nitrogens with zero attached hydrogens (tertiary/aromatic N) is 1. The number of hydrogen-bond acceptors (Lipinski definition) is 4. The van der Waals surface area contributed by atoms with E-state index in [2.05, 4.69) is 5.32 Å². The van der Waals surface area contributed by atoms with Gasteiger partial charge in [-0.25, -0.2) is 0 Å². The molecule has 0 aliphatic heterocycles. The molecule has 0 bridgehead atoms. The first-order valence-electron chi connectivity index (χ1n) is 10.7. The molecule has 0 aromatic heterocycles. The summed E-state index contributed by atoms with van der Waals surface area (Å²) in [4.78, 5) is 12.8. The number of ether oxygens (including phenoxy) is 2. The summed E-state index contributed by atoms with van der Waals surface area (Å²) in [6.45, 7) is 8.33. The van der Waals surface area contributed by atoms with Crippen LogP contribution in [0.15, 0.2) is 60.2 Å². The maximum Gasteiger partial charge on any atom is 0.266 e. The van der Waals surface area contributed by atoms with Crippen LogP contribution >= 0.6 is 0 Å². The molecule has 0 radical (unpaired) electrons. The second-order valence-electron chi connectivity index (χ2n) is 8.08. The van der Waals surface area contributed by atoms with Crippen LogP contribution in [0.3, 0.4) is 0 Å². The minimum atomic E-state index is -0.453. The van der Waals surface area contributed by atoms with E-state index >= 15 is 0 Å². The predicted molar refractivity (Wildman–Crippen MR) is 131 cm³/mol. The number of hydrogen-bond donors (Lipinski definition) is 1. The first-order chi connectivity index (χ1) is 15.8. The second kappa shape index (κ2) is 10.5. The highest BCUT2D eigenvalue weighted by Gasteiger charge is 2.14. The minimum absolute atomic E-state index is 0.00440. The smallest absolute Gasteiger partial charge is 0.266 e. The number of anilines is 1. The Morgan fingerprint density at radius 1 is 0.939 bits per heavy atom. The van der Waals surface area contributed by atoms with Gasteiger partial charge in [-0.3, -0.25) is 4.79 Å². The number of carbonyl (C=O) groups excluding carboxylic acids is 1. The lowest BCUT2D eigenvalue weighted by Gasteiger charge is -2.13. The molecule has 5 heteroatoms. The third-order valence-corrected chi connectivity index (χ3v) is 5.29. The summed E-state index contributed by atoms with van der Waals surface area (Å²) < 4.78 is 11.4. The van der Waals surface area contributed by atoms with Gasteiger partial charge >= 0.3 is 0 Å². The molecular weight excluding hydrogens is 412 g/mol. The van der Waals surface area contributed by atoms with Gasteiger partial charge in [0.05, 0.1) is 7.11 Å². The summed E-state index contributed by atoms with van der Waals surface area (Å²) >= 11 is 0. The number of benzene rings is 3. The van der Waals surface area contributed by atoms with Gasteiger partial charge in [0.1, 0.15) is 18.2 Å². The molecular formula is C28H28N2O3. The Balaban J connectivity index is 1.78. The van der Waals surface area contributed by atoms with Gasteiger partial charge in [0.25, 0.3) is 5.91 Å². The molecule has 0 saturated heterocycles. The summed E-state index contributed by atoms with van der Waals surface area (Å²) in [5.41, 5.74) is 6.67. The topological polar surface area (TPSA) is 71.3 Å². The number of amides is 1. The number of nitrogens with one attached hydrogen (secondary N) is 1. The van der Waals surface area contributed by atoms with Gasteiger partial charge in [0.15, 0.2) is 11.5 Å². The third kappa shape index (κ3) is 6.02. The van der Waals surface area contributed by atoms with E-state index in [1.54, 1.807) is 31.4 Å². The fourth-order valence-electron chi connectivity index (χ4n) is 3.61. The Morgan fingerprint density at radius 3 is 2.21 bits per heavy atom. The Morgan fingerprint density at radius 2 is 1.61 bits per heavy atom. The molecule has 0 unspecified atom stereocenters. The molecule has 3 aromatic rings. The Bertz CT molecular complexity index is 1210. The van der Waals surface area contributed by atoms with Crippen molar-refractivity contribution in [2.45, 2.75) is 34.3 Å². The second-order valence-corrected chi connectivity index (χ2v) is 8.08. The molecule has 33 heavy (non-hydrogen) atoms. The molecule has 0 fully saturated rings. The monoisotopic (exact) mass is 440 g/mol. The van der Waals surface area contributed by atoms with E-state index < -0.39 is 5.91 Å². The lowest BCUT2D eigenvalue weighted by molar-refractivity contribution is -0.112. The van der Waals surface area contributed by atoms with Gasteiger partial charge in [-0.15, -0.1) is 0 Å². The van der Waals surface area contributed by atoms with E-state index in [-0.39, 0.29) is 5.57 Å². The average molecular weight is 441 g/mol. The maximum absolute atomic E-state index is 12.8. The molecule has 3 aromatic carbocycles. The van der Waals surface area contributed by atoms with Crippen molar-refractivity contribution >= 4 is 17.7 Å². The fourth-order valence-corrected chi connectivity index (χ4v) is 3.61. The number of rotatable bonds is 7. The van der Waals surface area contributed by atoms with Crippen molar-refractivity contribution in [1.82, 2.24) is 0 Å². The predicted octanol–water partition coefficient (Wildman–Crippen LogP) is 6.05. The SMILES string of the molecule is COc1cc(/C=C(\C#N)C(=O)Nc2c(C)cc(C)cc2C)ccc1OCc1ccc(C)cc1. The summed E-state index contributed by atoms with van der Waals surface area (Å²) in [5, 5.41) is 12.5. The van der Waals surface area contributed by atoms with Crippen LogP contribution in [0.2, 0.25) is 0 Å². The molecule has 1 N–H and O–H groups in total. The van der Waals surface area contributed by atoms with Gasteiger partial charge in [0.2, 0.25) is 0 Å². The zero-order chi connectivity index (χ0) is 24.0. The molecule has 0 saturated carbocycles. The first-order valence-corrected chi connectivity index (χ1v) is 10.7. The Kier molecular flexibility index (Phi) is 7.53. The molecule has 3 rings (SSSR count). The van der Waals surface area contributed by atoms with Gasteiger partial charge in [0, 0.05) is 5.69 Å². The first kappa shape index (κ1) is 23.6. The van der Waals surface area contributed by atoms with Crippen LogP contribution in [0.5, 0.6) is 11.5 Å². The van der Waals surface area contributed by atoms with E-state index in [0.717, 1.165) is 27.9 Å². The minimum Gasteiger partial charge on any atom is -0.493 e. The molecule has 5 nitrogen and oxygen atoms in total. The number of aryl methyl sites for hydroxylation is 4. The number of methoxy groups -OCH3 is 1. The van der Waals surface area contributed by atoms with Crippen molar-refractivity contribution in [3.63, 3.8) is 0 Å². The highest BCUT2D eigenvalue weighted by molar-refractivity contribution is 6.10. The standard InChI is InChI=1S/C28H28N2O3/c1-18-6-8-22(9-7-18)17-33-25-11-10-23(15-26(25)32-5)14-24(16-29)28(31)30-27-20(3)12-19(2)13-21(27)4/h6-15H,17H2,1-5H3,(H,30,31)/b24-14+. The van der Waals surface area contributed by atoms with E-state index in [1.807, 2.05) is 70.2 Å². The van der Waals surface area contributed by atoms with E-state index in [9.17, 15) is 10.1 Å². The van der Waals surface area contributed by atoms with Crippen LogP contribution in [0.1, 0.15) is 33.4 Å². The molecule has 0 heterocycles. The van der Waals surface area contributed by atoms with Crippen molar-refractivity contribution < 1.29 is 14.3 Å². The molecule has 0 spiro atoms. The zero-order valence-corrected chi connectivity index (χ0v) is 19.7. The van der Waals surface area contributed by atoms with Crippen LogP contribution in [-0.4, -0.2) is 13.0 Å². The van der Waals surface area contributed by atoms with Gasteiger partial charge in [-0.2, -0.15) is 5.26 Å². The van der Waals surface area contributed by atoms with Crippen LogP contribution < -0.4 is 14.8 Å². The molecule has 0 atom stereocenters. The highest BCUT2D eigenvalue weighted by atomic mass is 16.5. The Hall–Kier alpha value is -4.04. The molecule has 0 aliphatic rings. The quantitative estimate of drug-likeness (QED) is 0.358. The van der Waals surface area contributed by atoms with Crippen molar-refractivity contribution in [2.24, 2.45) is 0 Å². The summed E-state index contributed by atoms with van der Waals surface area (Å²) in [5.74, 6) is 0.661. The molecule has 1 amide bonds. The molecule has 0 aliphatic carbocycles. The highest BCUT2D eigenvalue weighted by Crippen LogP contribution is 2.30. The summed E-state index contributed by atoms with van der Waals surface area (Å²) in [6.07, 6.45) is 1.54. The third-order valence-electron chi connectivity index (χ3n) is 5.29. The van der Waals surface area contributed by atoms with E-state index in [4.69, 9.17) is 9.47 Å². The lowest BCUT2D eigenvalue weighted by atomic mass is 10.0. The number of carbonyl (C=O) groups is 1. The maximum atomic E-state index is 12.8. The average Bonchev–Trinajstić information content (AvgIpc) is 2.79. The number of nitriles is 1. The van der Waals surface area contributed by atoms with Gasteiger partial charge in [-0.05, 0) is 68.2 Å².